The van der Waals surface area contributed by atoms with Crippen molar-refractivity contribution in [1.82, 2.24) is 10.2 Å². The monoisotopic (exact) mass is 342 g/mol. The Labute approximate surface area is 149 Å². The SMILES string of the molecule is COc1ccc(OCC(=O)NC[C@@H](c2ccc(C)cc2)N(C)C)cc1. The average Bonchev–Trinajstić information content (AvgIpc) is 2.61. The van der Waals surface area contributed by atoms with Gasteiger partial charge in [0.15, 0.2) is 6.61 Å². The molecule has 25 heavy (non-hydrogen) atoms. The third-order valence-electron chi connectivity index (χ3n) is 4.01. The molecule has 0 fully saturated rings. The summed E-state index contributed by atoms with van der Waals surface area (Å²) in [7, 11) is 5.62. The minimum atomic E-state index is -0.144. The Morgan fingerprint density at radius 3 is 2.20 bits per heavy atom. The first-order chi connectivity index (χ1) is 12.0. The van der Waals surface area contributed by atoms with Crippen LogP contribution in [0.2, 0.25) is 0 Å². The van der Waals surface area contributed by atoms with Gasteiger partial charge < -0.3 is 19.7 Å². The zero-order chi connectivity index (χ0) is 18.2. The number of carbonyl (C=O) groups is 1. The van der Waals surface area contributed by atoms with Crippen LogP contribution in [0.25, 0.3) is 0 Å². The zero-order valence-corrected chi connectivity index (χ0v) is 15.3. The van der Waals surface area contributed by atoms with E-state index in [1.165, 1.54) is 11.1 Å². The number of hydrogen-bond donors (Lipinski definition) is 1. The maximum Gasteiger partial charge on any atom is 0.258 e. The summed E-state index contributed by atoms with van der Waals surface area (Å²) < 4.78 is 10.6. The van der Waals surface area contributed by atoms with E-state index >= 15 is 0 Å². The van der Waals surface area contributed by atoms with Gasteiger partial charge in [-0.3, -0.25) is 4.79 Å². The van der Waals surface area contributed by atoms with E-state index < -0.39 is 0 Å². The van der Waals surface area contributed by atoms with Crippen LogP contribution in [0.3, 0.4) is 0 Å². The molecule has 0 unspecified atom stereocenters. The number of aryl methyl sites for hydroxylation is 1. The molecule has 0 aromatic heterocycles. The number of nitrogens with one attached hydrogen (secondary N) is 1. The van der Waals surface area contributed by atoms with Crippen molar-refractivity contribution in [2.75, 3.05) is 34.4 Å². The van der Waals surface area contributed by atoms with Crippen LogP contribution < -0.4 is 14.8 Å². The van der Waals surface area contributed by atoms with Crippen molar-refractivity contribution in [3.05, 3.63) is 59.7 Å². The van der Waals surface area contributed by atoms with Gasteiger partial charge in [-0.15, -0.1) is 0 Å². The molecule has 1 amide bonds. The van der Waals surface area contributed by atoms with Crippen molar-refractivity contribution in [2.45, 2.75) is 13.0 Å². The number of likely N-dealkylation sites (N-methyl/N-ethyl adjacent to an activating group) is 1. The van der Waals surface area contributed by atoms with Gasteiger partial charge in [0, 0.05) is 6.54 Å². The number of amides is 1. The number of hydrogen-bond acceptors (Lipinski definition) is 4. The van der Waals surface area contributed by atoms with Gasteiger partial charge in [-0.2, -0.15) is 0 Å². The summed E-state index contributed by atoms with van der Waals surface area (Å²) >= 11 is 0. The van der Waals surface area contributed by atoms with Crippen molar-refractivity contribution in [3.63, 3.8) is 0 Å². The van der Waals surface area contributed by atoms with Gasteiger partial charge in [0.05, 0.1) is 13.2 Å². The number of methoxy groups -OCH3 is 1. The van der Waals surface area contributed by atoms with E-state index in [-0.39, 0.29) is 18.6 Å². The number of ether oxygens (including phenoxy) is 2. The molecule has 1 atom stereocenters. The molecule has 2 aromatic rings. The summed E-state index contributed by atoms with van der Waals surface area (Å²) in [6, 6.07) is 15.6. The molecule has 0 bridgehead atoms. The number of nitrogens with zero attached hydrogens (tertiary/aromatic N) is 1. The molecule has 0 radical (unpaired) electrons. The summed E-state index contributed by atoms with van der Waals surface area (Å²) in [6.07, 6.45) is 0. The molecule has 0 spiro atoms. The Bertz CT molecular complexity index is 666. The molecule has 0 aliphatic carbocycles. The van der Waals surface area contributed by atoms with Crippen LogP contribution in [-0.4, -0.2) is 45.2 Å². The summed E-state index contributed by atoms with van der Waals surface area (Å²) in [5.74, 6) is 1.25. The Balaban J connectivity index is 1.85. The smallest absolute Gasteiger partial charge is 0.258 e. The van der Waals surface area contributed by atoms with Gasteiger partial charge in [-0.05, 0) is 50.8 Å². The van der Waals surface area contributed by atoms with Crippen molar-refractivity contribution >= 4 is 5.91 Å². The molecule has 2 rings (SSSR count). The van der Waals surface area contributed by atoms with Crippen LogP contribution in [-0.2, 0) is 4.79 Å². The highest BCUT2D eigenvalue weighted by Crippen LogP contribution is 2.18. The minimum absolute atomic E-state index is 0.0135. The summed E-state index contributed by atoms with van der Waals surface area (Å²) in [4.78, 5) is 14.2. The topological polar surface area (TPSA) is 50.8 Å². The first-order valence-electron chi connectivity index (χ1n) is 8.26. The molecule has 134 valence electrons. The van der Waals surface area contributed by atoms with Crippen molar-refractivity contribution in [1.29, 1.82) is 0 Å². The molecular weight excluding hydrogens is 316 g/mol. The highest BCUT2D eigenvalue weighted by Gasteiger charge is 2.15. The lowest BCUT2D eigenvalue weighted by Crippen LogP contribution is -2.36. The minimum Gasteiger partial charge on any atom is -0.497 e. The highest BCUT2D eigenvalue weighted by atomic mass is 16.5. The number of benzene rings is 2. The molecule has 0 saturated carbocycles. The van der Waals surface area contributed by atoms with E-state index in [1.807, 2.05) is 14.1 Å². The number of rotatable bonds is 8. The maximum absolute atomic E-state index is 12.1. The average molecular weight is 342 g/mol. The van der Waals surface area contributed by atoms with Crippen LogP contribution in [0.15, 0.2) is 48.5 Å². The van der Waals surface area contributed by atoms with E-state index in [0.717, 1.165) is 5.75 Å². The lowest BCUT2D eigenvalue weighted by molar-refractivity contribution is -0.123. The second kappa shape index (κ2) is 9.08. The molecule has 5 heteroatoms. The van der Waals surface area contributed by atoms with Gasteiger partial charge in [0.2, 0.25) is 0 Å². The highest BCUT2D eigenvalue weighted by molar-refractivity contribution is 5.77. The van der Waals surface area contributed by atoms with Crippen molar-refractivity contribution in [3.8, 4) is 11.5 Å². The van der Waals surface area contributed by atoms with E-state index in [4.69, 9.17) is 9.47 Å². The molecule has 0 saturated heterocycles. The van der Waals surface area contributed by atoms with Crippen LogP contribution in [0.5, 0.6) is 11.5 Å². The molecule has 5 nitrogen and oxygen atoms in total. The maximum atomic E-state index is 12.1. The fraction of sp³-hybridized carbons (Fsp3) is 0.350. The van der Waals surface area contributed by atoms with E-state index in [9.17, 15) is 4.79 Å². The van der Waals surface area contributed by atoms with E-state index in [2.05, 4.69) is 41.4 Å². The van der Waals surface area contributed by atoms with Crippen molar-refractivity contribution in [2.24, 2.45) is 0 Å². The summed E-state index contributed by atoms with van der Waals surface area (Å²) in [6.45, 7) is 2.58. The van der Waals surface area contributed by atoms with Crippen LogP contribution in [0, 0.1) is 6.92 Å². The lowest BCUT2D eigenvalue weighted by atomic mass is 10.0. The van der Waals surface area contributed by atoms with Crippen molar-refractivity contribution < 1.29 is 14.3 Å². The first kappa shape index (κ1) is 18.8. The third-order valence-corrected chi connectivity index (χ3v) is 4.01. The molecule has 2 aromatic carbocycles. The fourth-order valence-electron chi connectivity index (χ4n) is 2.47. The standard InChI is InChI=1S/C20H26N2O3/c1-15-5-7-16(8-6-15)19(22(2)3)13-21-20(23)14-25-18-11-9-17(24-4)10-12-18/h5-12,19H,13-14H2,1-4H3,(H,21,23)/t19-/m0/s1. The number of carbonyl (C=O) groups excluding carboxylic acids is 1. The Kier molecular flexibility index (Phi) is 6.83. The molecule has 0 aliphatic rings. The normalized spacial score (nSPS) is 11.9. The Morgan fingerprint density at radius 2 is 1.64 bits per heavy atom. The molecule has 0 aliphatic heterocycles. The lowest BCUT2D eigenvalue weighted by Gasteiger charge is -2.25. The van der Waals surface area contributed by atoms with Crippen LogP contribution >= 0.6 is 0 Å². The third kappa shape index (κ3) is 5.80. The zero-order valence-electron chi connectivity index (χ0n) is 15.3. The van der Waals surface area contributed by atoms with Gasteiger partial charge in [0.25, 0.3) is 5.91 Å². The van der Waals surface area contributed by atoms with Crippen LogP contribution in [0.4, 0.5) is 0 Å². The molecule has 0 heterocycles. The quantitative estimate of drug-likeness (QED) is 0.801. The predicted molar refractivity (Wildman–Crippen MR) is 99.1 cm³/mol. The second-order valence-corrected chi connectivity index (χ2v) is 6.16. The van der Waals surface area contributed by atoms with Crippen LogP contribution in [0.1, 0.15) is 17.2 Å². The predicted octanol–water partition coefficient (Wildman–Crippen LogP) is 2.80. The Hall–Kier alpha value is -2.53. The molecular formula is C20H26N2O3. The van der Waals surface area contributed by atoms with Gasteiger partial charge in [0.1, 0.15) is 11.5 Å². The van der Waals surface area contributed by atoms with Gasteiger partial charge >= 0.3 is 0 Å². The Morgan fingerprint density at radius 1 is 1.04 bits per heavy atom. The second-order valence-electron chi connectivity index (χ2n) is 6.16. The van der Waals surface area contributed by atoms with Gasteiger partial charge in [-0.25, -0.2) is 0 Å². The van der Waals surface area contributed by atoms with E-state index in [1.54, 1.807) is 31.4 Å². The first-order valence-corrected chi connectivity index (χ1v) is 8.26. The van der Waals surface area contributed by atoms with Gasteiger partial charge in [-0.1, -0.05) is 29.8 Å². The fourth-order valence-corrected chi connectivity index (χ4v) is 2.47. The molecule has 1 N–H and O–H groups in total. The van der Waals surface area contributed by atoms with E-state index in [0.29, 0.717) is 12.3 Å². The summed E-state index contributed by atoms with van der Waals surface area (Å²) in [5.41, 5.74) is 2.39. The largest absolute Gasteiger partial charge is 0.497 e. The summed E-state index contributed by atoms with van der Waals surface area (Å²) in [5, 5.41) is 2.94.